The van der Waals surface area contributed by atoms with Crippen LogP contribution in [0.4, 0.5) is 13.2 Å². The highest BCUT2D eigenvalue weighted by Gasteiger charge is 2.28. The van der Waals surface area contributed by atoms with Gasteiger partial charge in [-0.05, 0) is 30.2 Å². The summed E-state index contributed by atoms with van der Waals surface area (Å²) < 4.78 is 36.3. The average Bonchev–Trinajstić information content (AvgIpc) is 2.19. The van der Waals surface area contributed by atoms with Crippen LogP contribution in [0.3, 0.4) is 0 Å². The number of hydrogen-bond acceptors (Lipinski definition) is 2. The molecule has 0 heterocycles. The lowest BCUT2D eigenvalue weighted by atomic mass is 10.0. The Morgan fingerprint density at radius 1 is 1.41 bits per heavy atom. The quantitative estimate of drug-likeness (QED) is 0.879. The van der Waals surface area contributed by atoms with Crippen LogP contribution in [0.25, 0.3) is 0 Å². The molecule has 1 atom stereocenters. The molecule has 1 aromatic rings. The van der Waals surface area contributed by atoms with Crippen LogP contribution < -0.4 is 11.1 Å². The fourth-order valence-electron chi connectivity index (χ4n) is 1.59. The van der Waals surface area contributed by atoms with Gasteiger partial charge in [0.15, 0.2) is 0 Å². The van der Waals surface area contributed by atoms with E-state index in [4.69, 9.17) is 17.3 Å². The van der Waals surface area contributed by atoms with E-state index < -0.39 is 18.8 Å². The third kappa shape index (κ3) is 4.53. The van der Waals surface area contributed by atoms with Gasteiger partial charge in [-0.1, -0.05) is 17.7 Å². The number of alkyl halides is 3. The van der Waals surface area contributed by atoms with Crippen molar-refractivity contribution in [1.82, 2.24) is 5.32 Å². The van der Waals surface area contributed by atoms with Gasteiger partial charge in [-0.25, -0.2) is 0 Å². The van der Waals surface area contributed by atoms with Crippen LogP contribution in [-0.2, 0) is 0 Å². The molecule has 3 N–H and O–H groups in total. The van der Waals surface area contributed by atoms with Crippen LogP contribution >= 0.6 is 11.6 Å². The van der Waals surface area contributed by atoms with Gasteiger partial charge in [0.1, 0.15) is 0 Å². The third-order valence-electron chi connectivity index (χ3n) is 2.39. The lowest BCUT2D eigenvalue weighted by Crippen LogP contribution is -2.36. The highest BCUT2D eigenvalue weighted by atomic mass is 35.5. The maximum atomic E-state index is 12.1. The van der Waals surface area contributed by atoms with Gasteiger partial charge in [0.25, 0.3) is 0 Å². The van der Waals surface area contributed by atoms with Crippen molar-refractivity contribution in [2.75, 3.05) is 13.1 Å². The second-order valence-electron chi connectivity index (χ2n) is 3.79. The molecule has 1 aromatic carbocycles. The van der Waals surface area contributed by atoms with Crippen molar-refractivity contribution in [3.63, 3.8) is 0 Å². The number of aryl methyl sites for hydroxylation is 1. The molecule has 2 nitrogen and oxygen atoms in total. The number of halogens is 4. The Kier molecular flexibility index (Phi) is 4.80. The summed E-state index contributed by atoms with van der Waals surface area (Å²) in [6, 6.07) is 4.52. The van der Waals surface area contributed by atoms with E-state index >= 15 is 0 Å². The van der Waals surface area contributed by atoms with Crippen molar-refractivity contribution < 1.29 is 13.2 Å². The molecule has 0 bridgehead atoms. The molecule has 0 aromatic heterocycles. The van der Waals surface area contributed by atoms with Gasteiger partial charge in [-0.2, -0.15) is 13.2 Å². The zero-order valence-corrected chi connectivity index (χ0v) is 10.1. The van der Waals surface area contributed by atoms with Gasteiger partial charge < -0.3 is 11.1 Å². The molecule has 0 aliphatic heterocycles. The lowest BCUT2D eigenvalue weighted by molar-refractivity contribution is -0.126. The van der Waals surface area contributed by atoms with Crippen LogP contribution in [0.5, 0.6) is 0 Å². The Balaban J connectivity index is 2.79. The zero-order chi connectivity index (χ0) is 13.1. The summed E-state index contributed by atoms with van der Waals surface area (Å²) >= 11 is 5.78. The molecular weight excluding hydrogens is 253 g/mol. The Labute approximate surface area is 103 Å². The van der Waals surface area contributed by atoms with Crippen LogP contribution in [-0.4, -0.2) is 19.3 Å². The molecule has 0 aliphatic carbocycles. The molecule has 0 spiro atoms. The van der Waals surface area contributed by atoms with Gasteiger partial charge in [0, 0.05) is 17.6 Å². The number of benzene rings is 1. The van der Waals surface area contributed by atoms with Crippen molar-refractivity contribution >= 4 is 11.6 Å². The maximum absolute atomic E-state index is 12.1. The smallest absolute Gasteiger partial charge is 0.329 e. The van der Waals surface area contributed by atoms with Crippen molar-refractivity contribution in [3.05, 3.63) is 34.3 Å². The minimum atomic E-state index is -4.24. The van der Waals surface area contributed by atoms with Gasteiger partial charge >= 0.3 is 6.18 Å². The molecule has 6 heteroatoms. The minimum Gasteiger partial charge on any atom is -0.329 e. The van der Waals surface area contributed by atoms with E-state index in [1.807, 2.05) is 0 Å². The number of nitrogens with two attached hydrogens (primary N) is 1. The predicted octanol–water partition coefficient (Wildman–Crippen LogP) is 2.80. The van der Waals surface area contributed by atoms with Gasteiger partial charge in [0.05, 0.1) is 6.54 Å². The number of nitrogens with one attached hydrogen (secondary N) is 1. The fourth-order valence-corrected chi connectivity index (χ4v) is 1.82. The summed E-state index contributed by atoms with van der Waals surface area (Å²) in [6.07, 6.45) is -4.24. The summed E-state index contributed by atoms with van der Waals surface area (Å²) in [5.74, 6) is 0. The zero-order valence-electron chi connectivity index (χ0n) is 9.31. The summed E-state index contributed by atoms with van der Waals surface area (Å²) in [6.45, 7) is 0.828. The maximum Gasteiger partial charge on any atom is 0.401 e. The second kappa shape index (κ2) is 5.71. The number of hydrogen-bond donors (Lipinski definition) is 2. The molecule has 1 unspecified atom stereocenters. The lowest BCUT2D eigenvalue weighted by Gasteiger charge is -2.20. The minimum absolute atomic E-state index is 0.0958. The first-order valence-electron chi connectivity index (χ1n) is 5.09. The van der Waals surface area contributed by atoms with Gasteiger partial charge in [-0.3, -0.25) is 0 Å². The first-order chi connectivity index (χ1) is 7.83. The van der Waals surface area contributed by atoms with Crippen LogP contribution in [0.1, 0.15) is 17.2 Å². The molecule has 0 saturated carbocycles. The monoisotopic (exact) mass is 266 g/mol. The normalized spacial score (nSPS) is 13.8. The van der Waals surface area contributed by atoms with Crippen LogP contribution in [0, 0.1) is 6.92 Å². The highest BCUT2D eigenvalue weighted by Crippen LogP contribution is 2.22. The van der Waals surface area contributed by atoms with E-state index in [1.54, 1.807) is 25.1 Å². The summed E-state index contributed by atoms with van der Waals surface area (Å²) in [5.41, 5.74) is 7.04. The standard InChI is InChI=1S/C11H14ClF3N2/c1-7-4-8(12)2-3-9(7)10(5-16)17-6-11(13,14)15/h2-4,10,17H,5-6,16H2,1H3. The van der Waals surface area contributed by atoms with Crippen LogP contribution in [0.2, 0.25) is 5.02 Å². The van der Waals surface area contributed by atoms with Crippen LogP contribution in [0.15, 0.2) is 18.2 Å². The van der Waals surface area contributed by atoms with Gasteiger partial charge in [0.2, 0.25) is 0 Å². The summed E-state index contributed by atoms with van der Waals surface area (Å²) in [7, 11) is 0. The highest BCUT2D eigenvalue weighted by molar-refractivity contribution is 6.30. The predicted molar refractivity (Wildman–Crippen MR) is 62.0 cm³/mol. The molecular formula is C11H14ClF3N2. The Morgan fingerprint density at radius 3 is 2.53 bits per heavy atom. The summed E-state index contributed by atoms with van der Waals surface area (Å²) in [4.78, 5) is 0. The van der Waals surface area contributed by atoms with E-state index in [0.717, 1.165) is 11.1 Å². The molecule has 0 amide bonds. The molecule has 1 rings (SSSR count). The molecule has 17 heavy (non-hydrogen) atoms. The topological polar surface area (TPSA) is 38.0 Å². The molecule has 0 fully saturated rings. The fraction of sp³-hybridized carbons (Fsp3) is 0.455. The van der Waals surface area contributed by atoms with Gasteiger partial charge in [-0.15, -0.1) is 0 Å². The number of rotatable bonds is 4. The SMILES string of the molecule is Cc1cc(Cl)ccc1C(CN)NCC(F)(F)F. The molecule has 0 radical (unpaired) electrons. The van der Waals surface area contributed by atoms with E-state index in [1.165, 1.54) is 0 Å². The van der Waals surface area contributed by atoms with Crippen molar-refractivity contribution in [3.8, 4) is 0 Å². The summed E-state index contributed by atoms with van der Waals surface area (Å²) in [5, 5.41) is 2.95. The van der Waals surface area contributed by atoms with E-state index in [9.17, 15) is 13.2 Å². The Morgan fingerprint density at radius 2 is 2.06 bits per heavy atom. The second-order valence-corrected chi connectivity index (χ2v) is 4.22. The largest absolute Gasteiger partial charge is 0.401 e. The van der Waals surface area contributed by atoms with E-state index in [0.29, 0.717) is 5.02 Å². The third-order valence-corrected chi connectivity index (χ3v) is 2.63. The van der Waals surface area contributed by atoms with E-state index in [2.05, 4.69) is 5.32 Å². The molecule has 0 aliphatic rings. The first-order valence-corrected chi connectivity index (χ1v) is 5.47. The molecule has 96 valence electrons. The van der Waals surface area contributed by atoms with Crippen molar-refractivity contribution in [1.29, 1.82) is 0 Å². The van der Waals surface area contributed by atoms with Crippen molar-refractivity contribution in [2.45, 2.75) is 19.1 Å². The average molecular weight is 267 g/mol. The Hall–Kier alpha value is -0.780. The van der Waals surface area contributed by atoms with E-state index in [-0.39, 0.29) is 6.54 Å². The van der Waals surface area contributed by atoms with Crippen molar-refractivity contribution in [2.24, 2.45) is 5.73 Å². The molecule has 0 saturated heterocycles. The Bertz CT molecular complexity index is 379. The first kappa shape index (κ1) is 14.3.